The van der Waals surface area contributed by atoms with Gasteiger partial charge in [0.1, 0.15) is 6.10 Å². The zero-order chi connectivity index (χ0) is 11.8. The van der Waals surface area contributed by atoms with E-state index in [0.717, 1.165) is 12.0 Å². The Bertz CT molecular complexity index is 302. The molecule has 0 fully saturated rings. The SMILES string of the molecule is CCCCCOCC(O)c1ccccc1N. The van der Waals surface area contributed by atoms with Crippen molar-refractivity contribution in [2.24, 2.45) is 0 Å². The summed E-state index contributed by atoms with van der Waals surface area (Å²) in [6, 6.07) is 7.34. The molecule has 1 aromatic carbocycles. The van der Waals surface area contributed by atoms with E-state index < -0.39 is 6.10 Å². The van der Waals surface area contributed by atoms with Gasteiger partial charge in [-0.1, -0.05) is 38.0 Å². The first kappa shape index (κ1) is 13.0. The van der Waals surface area contributed by atoms with Gasteiger partial charge in [-0.25, -0.2) is 0 Å². The maximum Gasteiger partial charge on any atom is 0.104 e. The van der Waals surface area contributed by atoms with E-state index in [2.05, 4.69) is 6.92 Å². The molecule has 0 saturated heterocycles. The Morgan fingerprint density at radius 1 is 1.31 bits per heavy atom. The minimum Gasteiger partial charge on any atom is -0.398 e. The summed E-state index contributed by atoms with van der Waals surface area (Å²) < 4.78 is 5.40. The van der Waals surface area contributed by atoms with E-state index in [9.17, 15) is 5.11 Å². The van der Waals surface area contributed by atoms with Crippen molar-refractivity contribution in [1.82, 2.24) is 0 Å². The van der Waals surface area contributed by atoms with Crippen molar-refractivity contribution in [2.75, 3.05) is 18.9 Å². The molecule has 0 saturated carbocycles. The number of nitrogens with two attached hydrogens (primary N) is 1. The van der Waals surface area contributed by atoms with Crippen LogP contribution < -0.4 is 5.73 Å². The van der Waals surface area contributed by atoms with Gasteiger partial charge in [-0.3, -0.25) is 0 Å². The normalized spacial score (nSPS) is 12.6. The first-order chi connectivity index (χ1) is 7.75. The van der Waals surface area contributed by atoms with Crippen LogP contribution in [0.4, 0.5) is 5.69 Å². The van der Waals surface area contributed by atoms with Crippen LogP contribution in [0.25, 0.3) is 0 Å². The monoisotopic (exact) mass is 223 g/mol. The predicted octanol–water partition coefficient (Wildman–Crippen LogP) is 2.51. The van der Waals surface area contributed by atoms with E-state index in [1.54, 1.807) is 6.07 Å². The summed E-state index contributed by atoms with van der Waals surface area (Å²) in [5.41, 5.74) is 7.12. The molecule has 0 aromatic heterocycles. The van der Waals surface area contributed by atoms with Crippen molar-refractivity contribution in [3.05, 3.63) is 29.8 Å². The molecule has 0 aliphatic carbocycles. The van der Waals surface area contributed by atoms with Gasteiger partial charge in [-0.05, 0) is 12.5 Å². The van der Waals surface area contributed by atoms with Gasteiger partial charge in [0.25, 0.3) is 0 Å². The molecule has 3 N–H and O–H groups in total. The second-order valence-corrected chi connectivity index (χ2v) is 3.93. The van der Waals surface area contributed by atoms with E-state index in [1.807, 2.05) is 18.2 Å². The summed E-state index contributed by atoms with van der Waals surface area (Å²) in [5, 5.41) is 9.85. The van der Waals surface area contributed by atoms with Gasteiger partial charge in [-0.15, -0.1) is 0 Å². The minimum atomic E-state index is -0.622. The number of anilines is 1. The molecular formula is C13H21NO2. The van der Waals surface area contributed by atoms with Crippen molar-refractivity contribution >= 4 is 5.69 Å². The highest BCUT2D eigenvalue weighted by Gasteiger charge is 2.09. The van der Waals surface area contributed by atoms with Gasteiger partial charge < -0.3 is 15.6 Å². The topological polar surface area (TPSA) is 55.5 Å². The Balaban J connectivity index is 2.30. The van der Waals surface area contributed by atoms with Crippen LogP contribution >= 0.6 is 0 Å². The number of benzene rings is 1. The number of para-hydroxylation sites is 1. The van der Waals surface area contributed by atoms with Crippen LogP contribution in [0.2, 0.25) is 0 Å². The molecule has 90 valence electrons. The molecule has 1 atom stereocenters. The number of ether oxygens (including phenoxy) is 1. The Hall–Kier alpha value is -1.06. The zero-order valence-electron chi connectivity index (χ0n) is 9.86. The van der Waals surface area contributed by atoms with Crippen LogP contribution in [0.5, 0.6) is 0 Å². The minimum absolute atomic E-state index is 0.317. The number of hydrogen-bond donors (Lipinski definition) is 2. The lowest BCUT2D eigenvalue weighted by molar-refractivity contribution is 0.0349. The van der Waals surface area contributed by atoms with E-state index in [1.165, 1.54) is 12.8 Å². The number of aliphatic hydroxyl groups excluding tert-OH is 1. The second-order valence-electron chi connectivity index (χ2n) is 3.93. The molecule has 0 aliphatic rings. The summed E-state index contributed by atoms with van der Waals surface area (Å²) in [6.45, 7) is 3.18. The highest BCUT2D eigenvalue weighted by Crippen LogP contribution is 2.19. The Labute approximate surface area is 97.2 Å². The largest absolute Gasteiger partial charge is 0.398 e. The molecule has 0 radical (unpaired) electrons. The third-order valence-corrected chi connectivity index (χ3v) is 2.52. The van der Waals surface area contributed by atoms with E-state index in [-0.39, 0.29) is 0 Å². The number of nitrogen functional groups attached to an aromatic ring is 1. The molecule has 1 rings (SSSR count). The predicted molar refractivity (Wildman–Crippen MR) is 66.2 cm³/mol. The van der Waals surface area contributed by atoms with Crippen molar-refractivity contribution in [1.29, 1.82) is 0 Å². The summed E-state index contributed by atoms with van der Waals surface area (Å²) in [4.78, 5) is 0. The lowest BCUT2D eigenvalue weighted by Crippen LogP contribution is -2.10. The van der Waals surface area contributed by atoms with Gasteiger partial charge in [0.05, 0.1) is 6.61 Å². The summed E-state index contributed by atoms with van der Waals surface area (Å²) >= 11 is 0. The van der Waals surface area contributed by atoms with E-state index >= 15 is 0 Å². The molecule has 0 heterocycles. The highest BCUT2D eigenvalue weighted by molar-refractivity contribution is 5.47. The van der Waals surface area contributed by atoms with Gasteiger partial charge in [-0.2, -0.15) is 0 Å². The number of aliphatic hydroxyl groups is 1. The zero-order valence-corrected chi connectivity index (χ0v) is 9.86. The third kappa shape index (κ3) is 4.21. The molecule has 0 aliphatic heterocycles. The van der Waals surface area contributed by atoms with Crippen molar-refractivity contribution in [2.45, 2.75) is 32.3 Å². The summed E-state index contributed by atoms with van der Waals surface area (Å²) in [6.07, 6.45) is 2.78. The average molecular weight is 223 g/mol. The molecule has 3 nitrogen and oxygen atoms in total. The number of rotatable bonds is 7. The fourth-order valence-electron chi connectivity index (χ4n) is 1.55. The third-order valence-electron chi connectivity index (χ3n) is 2.52. The van der Waals surface area contributed by atoms with Gasteiger partial charge in [0, 0.05) is 17.9 Å². The molecule has 16 heavy (non-hydrogen) atoms. The maximum absolute atomic E-state index is 9.85. The molecule has 0 bridgehead atoms. The van der Waals surface area contributed by atoms with Crippen molar-refractivity contribution < 1.29 is 9.84 Å². The van der Waals surface area contributed by atoms with Crippen LogP contribution in [0.3, 0.4) is 0 Å². The highest BCUT2D eigenvalue weighted by atomic mass is 16.5. The lowest BCUT2D eigenvalue weighted by Gasteiger charge is -2.13. The molecule has 0 spiro atoms. The van der Waals surface area contributed by atoms with Crippen LogP contribution in [0, 0.1) is 0 Å². The number of hydrogen-bond acceptors (Lipinski definition) is 3. The van der Waals surface area contributed by atoms with Crippen LogP contribution in [0.1, 0.15) is 37.9 Å². The number of unbranched alkanes of at least 4 members (excludes halogenated alkanes) is 2. The molecule has 1 unspecified atom stereocenters. The average Bonchev–Trinajstić information content (AvgIpc) is 2.29. The molecule has 0 amide bonds. The Morgan fingerprint density at radius 2 is 2.06 bits per heavy atom. The van der Waals surface area contributed by atoms with Gasteiger partial charge in [0.2, 0.25) is 0 Å². The van der Waals surface area contributed by atoms with Gasteiger partial charge >= 0.3 is 0 Å². The molecular weight excluding hydrogens is 202 g/mol. The first-order valence-electron chi connectivity index (χ1n) is 5.86. The fraction of sp³-hybridized carbons (Fsp3) is 0.538. The van der Waals surface area contributed by atoms with Crippen LogP contribution in [-0.4, -0.2) is 18.3 Å². The van der Waals surface area contributed by atoms with Crippen LogP contribution in [0.15, 0.2) is 24.3 Å². The quantitative estimate of drug-likeness (QED) is 0.551. The first-order valence-corrected chi connectivity index (χ1v) is 5.86. The Morgan fingerprint density at radius 3 is 2.75 bits per heavy atom. The summed E-state index contributed by atoms with van der Waals surface area (Å²) in [5.74, 6) is 0. The van der Waals surface area contributed by atoms with Gasteiger partial charge in [0.15, 0.2) is 0 Å². The summed E-state index contributed by atoms with van der Waals surface area (Å²) in [7, 11) is 0. The second kappa shape index (κ2) is 7.25. The molecule has 1 aromatic rings. The van der Waals surface area contributed by atoms with Crippen LogP contribution in [-0.2, 0) is 4.74 Å². The molecule has 3 heteroatoms. The van der Waals surface area contributed by atoms with E-state index in [4.69, 9.17) is 10.5 Å². The van der Waals surface area contributed by atoms with Crippen molar-refractivity contribution in [3.8, 4) is 0 Å². The fourth-order valence-corrected chi connectivity index (χ4v) is 1.55. The smallest absolute Gasteiger partial charge is 0.104 e. The Kier molecular flexibility index (Phi) is 5.90. The van der Waals surface area contributed by atoms with Crippen molar-refractivity contribution in [3.63, 3.8) is 0 Å². The maximum atomic E-state index is 9.85. The van der Waals surface area contributed by atoms with E-state index in [0.29, 0.717) is 18.9 Å². The standard InChI is InChI=1S/C13H21NO2/c1-2-3-6-9-16-10-13(15)11-7-4-5-8-12(11)14/h4-5,7-8,13,15H,2-3,6,9-10,14H2,1H3. The lowest BCUT2D eigenvalue weighted by atomic mass is 10.1.